The minimum atomic E-state index is -0.858. The van der Waals surface area contributed by atoms with Gasteiger partial charge in [0.2, 0.25) is 0 Å². The van der Waals surface area contributed by atoms with Crippen LogP contribution >= 0.6 is 15.9 Å². The molecule has 1 atom stereocenters. The predicted octanol–water partition coefficient (Wildman–Crippen LogP) is 4.01. The Morgan fingerprint density at radius 1 is 1.19 bits per heavy atom. The minimum Gasteiger partial charge on any atom is -0.508 e. The highest BCUT2D eigenvalue weighted by Crippen LogP contribution is 2.40. The van der Waals surface area contributed by atoms with Crippen LogP contribution in [-0.4, -0.2) is 53.2 Å². The number of ether oxygens (including phenoxy) is 2. The van der Waals surface area contributed by atoms with Gasteiger partial charge in [0.05, 0.1) is 35.9 Å². The molecule has 1 fully saturated rings. The second kappa shape index (κ2) is 9.53. The van der Waals surface area contributed by atoms with Crippen LogP contribution in [0.5, 0.6) is 11.5 Å². The zero-order valence-corrected chi connectivity index (χ0v) is 19.0. The summed E-state index contributed by atoms with van der Waals surface area (Å²) >= 11 is 3.37. The molecule has 1 aliphatic rings. The summed E-state index contributed by atoms with van der Waals surface area (Å²) < 4.78 is 11.4. The van der Waals surface area contributed by atoms with Crippen molar-refractivity contribution in [2.75, 3.05) is 20.3 Å². The number of ketones is 1. The number of carbonyl (C=O) groups excluding carboxylic acids is 2. The number of Topliss-reactive ketones (excluding diaryl/α,β-unsaturated/α-hetero) is 1. The number of aliphatic hydroxyl groups excluding tert-OH is 1. The molecule has 0 aliphatic carbocycles. The van der Waals surface area contributed by atoms with E-state index in [0.29, 0.717) is 21.3 Å². The van der Waals surface area contributed by atoms with Gasteiger partial charge in [0, 0.05) is 12.1 Å². The lowest BCUT2D eigenvalue weighted by molar-refractivity contribution is -0.140. The molecule has 2 aromatic carbocycles. The van der Waals surface area contributed by atoms with Crippen LogP contribution in [0, 0.1) is 0 Å². The van der Waals surface area contributed by atoms with Gasteiger partial charge in [-0.15, -0.1) is 0 Å². The molecule has 0 saturated carbocycles. The van der Waals surface area contributed by atoms with Crippen molar-refractivity contribution in [2.24, 2.45) is 0 Å². The maximum Gasteiger partial charge on any atom is 0.295 e. The van der Waals surface area contributed by atoms with Crippen molar-refractivity contribution >= 4 is 33.4 Å². The molecule has 7 nitrogen and oxygen atoms in total. The van der Waals surface area contributed by atoms with Gasteiger partial charge in [-0.1, -0.05) is 12.1 Å². The molecule has 2 aromatic rings. The number of benzene rings is 2. The van der Waals surface area contributed by atoms with E-state index in [4.69, 9.17) is 9.47 Å². The highest BCUT2D eigenvalue weighted by atomic mass is 79.9. The zero-order valence-electron chi connectivity index (χ0n) is 17.5. The van der Waals surface area contributed by atoms with Crippen molar-refractivity contribution in [1.29, 1.82) is 0 Å². The number of methoxy groups -OCH3 is 1. The van der Waals surface area contributed by atoms with Gasteiger partial charge >= 0.3 is 0 Å². The Morgan fingerprint density at radius 2 is 1.94 bits per heavy atom. The Morgan fingerprint density at radius 3 is 2.55 bits per heavy atom. The van der Waals surface area contributed by atoms with Crippen LogP contribution in [-0.2, 0) is 14.3 Å². The first kappa shape index (κ1) is 22.8. The third-order valence-electron chi connectivity index (χ3n) is 4.93. The lowest BCUT2D eigenvalue weighted by Gasteiger charge is -2.25. The van der Waals surface area contributed by atoms with E-state index in [0.717, 1.165) is 0 Å². The number of aliphatic hydroxyl groups is 1. The van der Waals surface area contributed by atoms with Crippen LogP contribution in [0.4, 0.5) is 0 Å². The Labute approximate surface area is 189 Å². The summed E-state index contributed by atoms with van der Waals surface area (Å²) in [6, 6.07) is 10.3. The van der Waals surface area contributed by atoms with E-state index in [1.165, 1.54) is 24.1 Å². The topological polar surface area (TPSA) is 96.3 Å². The third kappa shape index (κ3) is 4.75. The number of phenolic OH excluding ortho intramolecular Hbond substituents is 1. The standard InChI is InChI=1S/C23H24BrNO6/c1-13(2)31-10-9-25-20(14-5-4-6-16(26)11-14)19(22(28)23(25)29)21(27)15-7-8-18(30-3)17(24)12-15/h4-8,11-13,20,26-27H,9-10H2,1-3H3/b21-19-. The van der Waals surface area contributed by atoms with E-state index < -0.39 is 17.7 Å². The molecule has 0 spiro atoms. The first-order valence-corrected chi connectivity index (χ1v) is 10.6. The van der Waals surface area contributed by atoms with Gasteiger partial charge in [0.25, 0.3) is 11.7 Å². The average Bonchev–Trinajstić information content (AvgIpc) is 2.98. The van der Waals surface area contributed by atoms with Crippen molar-refractivity contribution < 1.29 is 29.3 Å². The molecule has 31 heavy (non-hydrogen) atoms. The van der Waals surface area contributed by atoms with E-state index in [1.807, 2.05) is 13.8 Å². The van der Waals surface area contributed by atoms with E-state index in [9.17, 15) is 19.8 Å². The maximum absolute atomic E-state index is 13.0. The Bertz CT molecular complexity index is 1030. The largest absolute Gasteiger partial charge is 0.508 e. The maximum atomic E-state index is 13.0. The van der Waals surface area contributed by atoms with Crippen molar-refractivity contribution in [1.82, 2.24) is 4.90 Å². The van der Waals surface area contributed by atoms with Crippen molar-refractivity contribution in [3.8, 4) is 11.5 Å². The summed E-state index contributed by atoms with van der Waals surface area (Å²) in [5, 5.41) is 21.0. The SMILES string of the molecule is COc1ccc(/C(O)=C2/C(=O)C(=O)N(CCOC(C)C)C2c2cccc(O)c2)cc1Br. The van der Waals surface area contributed by atoms with Gasteiger partial charge in [-0.3, -0.25) is 9.59 Å². The number of carbonyl (C=O) groups is 2. The molecule has 2 N–H and O–H groups in total. The summed E-state index contributed by atoms with van der Waals surface area (Å²) in [7, 11) is 1.52. The lowest BCUT2D eigenvalue weighted by Crippen LogP contribution is -2.33. The van der Waals surface area contributed by atoms with E-state index in [1.54, 1.807) is 30.3 Å². The third-order valence-corrected chi connectivity index (χ3v) is 5.55. The quantitative estimate of drug-likeness (QED) is 0.346. The predicted molar refractivity (Wildman–Crippen MR) is 119 cm³/mol. The minimum absolute atomic E-state index is 0.00582. The number of likely N-dealkylation sites (tertiary alicyclic amines) is 1. The number of hydrogen-bond donors (Lipinski definition) is 2. The second-order valence-corrected chi connectivity index (χ2v) is 8.21. The van der Waals surface area contributed by atoms with Crippen LogP contribution in [0.15, 0.2) is 52.5 Å². The van der Waals surface area contributed by atoms with Gasteiger partial charge in [-0.2, -0.15) is 0 Å². The van der Waals surface area contributed by atoms with Crippen molar-refractivity contribution in [3.63, 3.8) is 0 Å². The summed E-state index contributed by atoms with van der Waals surface area (Å²) in [5.74, 6) is -1.26. The Hall–Kier alpha value is -2.84. The van der Waals surface area contributed by atoms with Crippen LogP contribution in [0.2, 0.25) is 0 Å². The number of halogens is 1. The summed E-state index contributed by atoms with van der Waals surface area (Å²) in [4.78, 5) is 27.2. The second-order valence-electron chi connectivity index (χ2n) is 7.36. The number of amides is 1. The van der Waals surface area contributed by atoms with Crippen molar-refractivity contribution in [2.45, 2.75) is 26.0 Å². The van der Waals surface area contributed by atoms with Gasteiger partial charge < -0.3 is 24.6 Å². The van der Waals surface area contributed by atoms with E-state index in [2.05, 4.69) is 15.9 Å². The van der Waals surface area contributed by atoms with Crippen LogP contribution in [0.1, 0.15) is 31.0 Å². The average molecular weight is 490 g/mol. The zero-order chi connectivity index (χ0) is 22.7. The smallest absolute Gasteiger partial charge is 0.295 e. The molecule has 1 saturated heterocycles. The molecule has 1 heterocycles. The highest BCUT2D eigenvalue weighted by Gasteiger charge is 2.46. The number of phenols is 1. The lowest BCUT2D eigenvalue weighted by atomic mass is 9.95. The fourth-order valence-corrected chi connectivity index (χ4v) is 4.05. The van der Waals surface area contributed by atoms with E-state index in [-0.39, 0.29) is 36.3 Å². The molecule has 0 radical (unpaired) electrons. The van der Waals surface area contributed by atoms with Gasteiger partial charge in [0.1, 0.15) is 17.3 Å². The normalized spacial score (nSPS) is 18.1. The first-order chi connectivity index (χ1) is 14.7. The Kier molecular flexibility index (Phi) is 7.02. The fraction of sp³-hybridized carbons (Fsp3) is 0.304. The highest BCUT2D eigenvalue weighted by molar-refractivity contribution is 9.10. The molecule has 3 rings (SSSR count). The van der Waals surface area contributed by atoms with Gasteiger partial charge in [-0.25, -0.2) is 0 Å². The molecule has 1 amide bonds. The number of aromatic hydroxyl groups is 1. The fourth-order valence-electron chi connectivity index (χ4n) is 3.51. The summed E-state index contributed by atoms with van der Waals surface area (Å²) in [5.41, 5.74) is 0.823. The molecule has 1 aliphatic heterocycles. The number of hydrogen-bond acceptors (Lipinski definition) is 6. The molecular formula is C23H24BrNO6. The van der Waals surface area contributed by atoms with Crippen LogP contribution in [0.25, 0.3) is 5.76 Å². The number of rotatable bonds is 7. The molecule has 164 valence electrons. The van der Waals surface area contributed by atoms with Crippen molar-refractivity contribution in [3.05, 3.63) is 63.6 Å². The van der Waals surface area contributed by atoms with E-state index >= 15 is 0 Å². The van der Waals surface area contributed by atoms with Gasteiger partial charge in [0.15, 0.2) is 0 Å². The molecular weight excluding hydrogens is 466 g/mol. The van der Waals surface area contributed by atoms with Gasteiger partial charge in [-0.05, 0) is 65.7 Å². The van der Waals surface area contributed by atoms with Crippen LogP contribution < -0.4 is 4.74 Å². The molecule has 1 unspecified atom stereocenters. The first-order valence-electron chi connectivity index (χ1n) is 9.77. The molecule has 8 heteroatoms. The molecule has 0 bridgehead atoms. The summed E-state index contributed by atoms with van der Waals surface area (Å²) in [6.07, 6.45) is -0.0345. The molecule has 0 aromatic heterocycles. The monoisotopic (exact) mass is 489 g/mol. The van der Waals surface area contributed by atoms with Crippen LogP contribution in [0.3, 0.4) is 0 Å². The Balaban J connectivity index is 2.11. The number of nitrogens with zero attached hydrogens (tertiary/aromatic N) is 1. The summed E-state index contributed by atoms with van der Waals surface area (Å²) in [6.45, 7) is 4.14.